The summed E-state index contributed by atoms with van der Waals surface area (Å²) in [6.45, 7) is 0. The van der Waals surface area contributed by atoms with Crippen LogP contribution in [0.1, 0.15) is 12.8 Å². The van der Waals surface area contributed by atoms with E-state index in [1.54, 1.807) is 12.4 Å². The van der Waals surface area contributed by atoms with E-state index >= 15 is 0 Å². The molecule has 0 aliphatic rings. The molecule has 1 heterocycles. The number of carbonyl (C=O) groups is 1. The summed E-state index contributed by atoms with van der Waals surface area (Å²) in [7, 11) is 0. The Morgan fingerprint density at radius 3 is 3.17 bits per heavy atom. The van der Waals surface area contributed by atoms with E-state index in [1.807, 2.05) is 0 Å². The van der Waals surface area contributed by atoms with Gasteiger partial charge in [0.05, 0.1) is 11.9 Å². The molecule has 0 fully saturated rings. The lowest BCUT2D eigenvalue weighted by atomic mass is 10.3. The molecule has 2 N–H and O–H groups in total. The van der Waals surface area contributed by atoms with Crippen molar-refractivity contribution < 1.29 is 4.79 Å². The molecule has 0 radical (unpaired) electrons. The monoisotopic (exact) mass is 187 g/mol. The Morgan fingerprint density at radius 1 is 1.75 bits per heavy atom. The number of anilines is 1. The highest BCUT2D eigenvalue weighted by molar-refractivity contribution is 6.18. The standard InChI is InChI=1S/C7H10ClN3O/c8-3-1-2-7(12)11-6-4-9-10-5-6/h4-5H,1-3H2,(H,9,10)(H,11,12). The van der Waals surface area contributed by atoms with Crippen LogP contribution in [0.15, 0.2) is 12.4 Å². The number of nitrogens with one attached hydrogen (secondary N) is 2. The lowest BCUT2D eigenvalue weighted by molar-refractivity contribution is -0.116. The minimum Gasteiger partial charge on any atom is -0.323 e. The topological polar surface area (TPSA) is 57.8 Å². The van der Waals surface area contributed by atoms with Crippen molar-refractivity contribution in [2.24, 2.45) is 0 Å². The van der Waals surface area contributed by atoms with Crippen molar-refractivity contribution >= 4 is 23.2 Å². The van der Waals surface area contributed by atoms with Crippen molar-refractivity contribution in [3.05, 3.63) is 12.4 Å². The maximum absolute atomic E-state index is 11.1. The smallest absolute Gasteiger partial charge is 0.224 e. The van der Waals surface area contributed by atoms with E-state index in [4.69, 9.17) is 11.6 Å². The molecule has 0 saturated carbocycles. The van der Waals surface area contributed by atoms with Crippen LogP contribution < -0.4 is 5.32 Å². The third-order valence-electron chi connectivity index (χ3n) is 1.32. The summed E-state index contributed by atoms with van der Waals surface area (Å²) in [4.78, 5) is 11.1. The molecule has 0 unspecified atom stereocenters. The average molecular weight is 188 g/mol. The summed E-state index contributed by atoms with van der Waals surface area (Å²) in [5.41, 5.74) is 0.689. The first-order valence-corrected chi connectivity index (χ1v) is 4.21. The summed E-state index contributed by atoms with van der Waals surface area (Å²) in [6, 6.07) is 0. The first kappa shape index (κ1) is 9.06. The second kappa shape index (κ2) is 4.77. The van der Waals surface area contributed by atoms with Crippen LogP contribution in [0, 0.1) is 0 Å². The van der Waals surface area contributed by atoms with Crippen molar-refractivity contribution in [1.82, 2.24) is 10.2 Å². The number of aromatic amines is 1. The normalized spacial score (nSPS) is 9.75. The molecule has 1 amide bonds. The molecule has 4 nitrogen and oxygen atoms in total. The summed E-state index contributed by atoms with van der Waals surface area (Å²) in [5.74, 6) is 0.482. The summed E-state index contributed by atoms with van der Waals surface area (Å²) >= 11 is 5.43. The SMILES string of the molecule is O=C(CCCCl)Nc1cn[nH]c1. The van der Waals surface area contributed by atoms with E-state index in [1.165, 1.54) is 0 Å². The zero-order valence-corrected chi connectivity index (χ0v) is 7.27. The summed E-state index contributed by atoms with van der Waals surface area (Å²) in [5, 5.41) is 8.96. The first-order valence-electron chi connectivity index (χ1n) is 3.67. The zero-order valence-electron chi connectivity index (χ0n) is 6.51. The molecule has 0 atom stereocenters. The van der Waals surface area contributed by atoms with Crippen LogP contribution in [-0.2, 0) is 4.79 Å². The van der Waals surface area contributed by atoms with Gasteiger partial charge in [0.25, 0.3) is 0 Å². The molecular weight excluding hydrogens is 178 g/mol. The highest BCUT2D eigenvalue weighted by atomic mass is 35.5. The highest BCUT2D eigenvalue weighted by Gasteiger charge is 2.01. The third kappa shape index (κ3) is 2.92. The van der Waals surface area contributed by atoms with E-state index in [0.29, 0.717) is 24.4 Å². The van der Waals surface area contributed by atoms with Crippen LogP contribution in [0.2, 0.25) is 0 Å². The van der Waals surface area contributed by atoms with Gasteiger partial charge in [-0.1, -0.05) is 0 Å². The van der Waals surface area contributed by atoms with Crippen molar-refractivity contribution in [1.29, 1.82) is 0 Å². The Kier molecular flexibility index (Phi) is 3.60. The molecule has 0 saturated heterocycles. The molecule has 0 aliphatic carbocycles. The third-order valence-corrected chi connectivity index (χ3v) is 1.59. The zero-order chi connectivity index (χ0) is 8.81. The van der Waals surface area contributed by atoms with Gasteiger partial charge in [-0.05, 0) is 6.42 Å². The molecular formula is C7H10ClN3O. The van der Waals surface area contributed by atoms with E-state index in [0.717, 1.165) is 0 Å². The predicted octanol–water partition coefficient (Wildman–Crippen LogP) is 1.37. The average Bonchev–Trinajstić information content (AvgIpc) is 2.53. The molecule has 12 heavy (non-hydrogen) atoms. The van der Waals surface area contributed by atoms with Gasteiger partial charge in [0, 0.05) is 18.5 Å². The lowest BCUT2D eigenvalue weighted by Crippen LogP contribution is -2.10. The van der Waals surface area contributed by atoms with Gasteiger partial charge in [-0.25, -0.2) is 0 Å². The number of H-pyrrole nitrogens is 1. The molecule has 1 aromatic rings. The number of hydrogen-bond acceptors (Lipinski definition) is 2. The predicted molar refractivity (Wildman–Crippen MR) is 47.2 cm³/mol. The Labute approximate surface area is 75.3 Å². The minimum atomic E-state index is -0.0305. The highest BCUT2D eigenvalue weighted by Crippen LogP contribution is 2.02. The maximum Gasteiger partial charge on any atom is 0.224 e. The molecule has 0 bridgehead atoms. The lowest BCUT2D eigenvalue weighted by Gasteiger charge is -1.99. The number of rotatable bonds is 4. The quantitative estimate of drug-likeness (QED) is 0.700. The molecule has 0 spiro atoms. The van der Waals surface area contributed by atoms with Crippen LogP contribution in [0.25, 0.3) is 0 Å². The molecule has 0 aromatic carbocycles. The number of hydrogen-bond donors (Lipinski definition) is 2. The molecule has 66 valence electrons. The second-order valence-corrected chi connectivity index (χ2v) is 2.71. The van der Waals surface area contributed by atoms with Gasteiger partial charge in [-0.3, -0.25) is 9.89 Å². The van der Waals surface area contributed by atoms with Gasteiger partial charge in [-0.2, -0.15) is 5.10 Å². The Bertz CT molecular complexity index is 235. The number of halogens is 1. The van der Waals surface area contributed by atoms with E-state index in [2.05, 4.69) is 15.5 Å². The van der Waals surface area contributed by atoms with Crippen LogP contribution >= 0.6 is 11.6 Å². The van der Waals surface area contributed by atoms with Gasteiger partial charge in [-0.15, -0.1) is 11.6 Å². The molecule has 1 rings (SSSR count). The number of amides is 1. The summed E-state index contributed by atoms with van der Waals surface area (Å²) in [6.07, 6.45) is 4.33. The largest absolute Gasteiger partial charge is 0.323 e. The molecule has 5 heteroatoms. The fourth-order valence-electron chi connectivity index (χ4n) is 0.770. The summed E-state index contributed by atoms with van der Waals surface area (Å²) < 4.78 is 0. The van der Waals surface area contributed by atoms with Crippen LogP contribution in [-0.4, -0.2) is 22.0 Å². The van der Waals surface area contributed by atoms with Crippen LogP contribution in [0.5, 0.6) is 0 Å². The van der Waals surface area contributed by atoms with Crippen LogP contribution in [0.3, 0.4) is 0 Å². The first-order chi connectivity index (χ1) is 5.83. The van der Waals surface area contributed by atoms with Crippen LogP contribution in [0.4, 0.5) is 5.69 Å². The molecule has 0 aliphatic heterocycles. The number of carbonyl (C=O) groups excluding carboxylic acids is 1. The van der Waals surface area contributed by atoms with Gasteiger partial charge in [0.2, 0.25) is 5.91 Å². The Balaban J connectivity index is 2.27. The van der Waals surface area contributed by atoms with Gasteiger partial charge < -0.3 is 5.32 Å². The van der Waals surface area contributed by atoms with E-state index < -0.39 is 0 Å². The Morgan fingerprint density at radius 2 is 2.58 bits per heavy atom. The number of aromatic nitrogens is 2. The fourth-order valence-corrected chi connectivity index (χ4v) is 0.904. The second-order valence-electron chi connectivity index (χ2n) is 2.33. The number of nitrogens with zero attached hydrogens (tertiary/aromatic N) is 1. The van der Waals surface area contributed by atoms with Gasteiger partial charge >= 0.3 is 0 Å². The van der Waals surface area contributed by atoms with Gasteiger partial charge in [0.15, 0.2) is 0 Å². The number of alkyl halides is 1. The van der Waals surface area contributed by atoms with Crippen molar-refractivity contribution in [3.8, 4) is 0 Å². The minimum absolute atomic E-state index is 0.0305. The maximum atomic E-state index is 11.1. The van der Waals surface area contributed by atoms with Gasteiger partial charge in [0.1, 0.15) is 0 Å². The van der Waals surface area contributed by atoms with Crippen molar-refractivity contribution in [2.45, 2.75) is 12.8 Å². The van der Waals surface area contributed by atoms with Crippen molar-refractivity contribution in [2.75, 3.05) is 11.2 Å². The van der Waals surface area contributed by atoms with E-state index in [9.17, 15) is 4.79 Å². The fraction of sp³-hybridized carbons (Fsp3) is 0.429. The van der Waals surface area contributed by atoms with Crippen molar-refractivity contribution in [3.63, 3.8) is 0 Å². The molecule has 1 aromatic heterocycles. The van der Waals surface area contributed by atoms with E-state index in [-0.39, 0.29) is 5.91 Å². The Hall–Kier alpha value is -1.03.